The van der Waals surface area contributed by atoms with Gasteiger partial charge in [0.05, 0.1) is 10.0 Å². The molecule has 0 aliphatic heterocycles. The molecule has 0 heterocycles. The van der Waals surface area contributed by atoms with Crippen LogP contribution in [0.5, 0.6) is 11.5 Å². The van der Waals surface area contributed by atoms with Crippen molar-refractivity contribution >= 4 is 46.7 Å². The van der Waals surface area contributed by atoms with E-state index in [2.05, 4.69) is 0 Å². The van der Waals surface area contributed by atoms with Crippen LogP contribution in [0.2, 0.25) is 15.1 Å². The van der Waals surface area contributed by atoms with Gasteiger partial charge in [0.25, 0.3) is 5.54 Å². The average molecular weight is 557 g/mol. The average Bonchev–Trinajstić information content (AvgIpc) is 2.80. The van der Waals surface area contributed by atoms with Crippen LogP contribution in [0.3, 0.4) is 0 Å². The molecule has 2 aromatic rings. The summed E-state index contributed by atoms with van der Waals surface area (Å²) in [6.45, 7) is 2.50. The highest BCUT2D eigenvalue weighted by molar-refractivity contribution is 6.40. The third-order valence-electron chi connectivity index (χ3n) is 5.51. The van der Waals surface area contributed by atoms with Gasteiger partial charge in [-0.25, -0.2) is 4.79 Å². The van der Waals surface area contributed by atoms with Crippen LogP contribution < -0.4 is 9.47 Å². The summed E-state index contributed by atoms with van der Waals surface area (Å²) in [5.74, 6) is -3.84. The molecule has 3 atom stereocenters. The number of esters is 1. The minimum Gasteiger partial charge on any atom is -0.482 e. The van der Waals surface area contributed by atoms with Gasteiger partial charge in [-0.2, -0.15) is 0 Å². The molecule has 12 heteroatoms. The molecule has 1 aliphatic rings. The van der Waals surface area contributed by atoms with Gasteiger partial charge in [0.15, 0.2) is 24.4 Å². The Morgan fingerprint density at radius 2 is 1.83 bits per heavy atom. The van der Waals surface area contributed by atoms with E-state index in [1.54, 1.807) is 31.2 Å². The third kappa shape index (κ3) is 5.75. The first kappa shape index (κ1) is 27.3. The Labute approximate surface area is 221 Å². The van der Waals surface area contributed by atoms with E-state index >= 15 is 0 Å². The third-order valence-corrected chi connectivity index (χ3v) is 6.29. The van der Waals surface area contributed by atoms with Crippen LogP contribution in [0.4, 0.5) is 0 Å². The van der Waals surface area contributed by atoms with Crippen LogP contribution in [-0.2, 0) is 14.3 Å². The quantitative estimate of drug-likeness (QED) is 0.243. The van der Waals surface area contributed by atoms with Gasteiger partial charge >= 0.3 is 11.9 Å². The SMILES string of the molecule is Cc1ccccc1OCC(=O)OC(C)C1([N+](=O)[O-])C=CC(Oc2c(Cl)cc(Cl)cc2Cl)=CC1C(=O)O. The number of nitrogens with zero attached hydrogens (tertiary/aromatic N) is 1. The molecule has 0 spiro atoms. The lowest BCUT2D eigenvalue weighted by atomic mass is 9.76. The molecular formula is C24H20Cl3NO8. The maximum atomic E-state index is 12.4. The molecule has 0 fully saturated rings. The summed E-state index contributed by atoms with van der Waals surface area (Å²) in [6, 6.07) is 9.69. The number of aliphatic carboxylic acids is 1. The number of nitro groups is 1. The summed E-state index contributed by atoms with van der Waals surface area (Å²) in [4.78, 5) is 35.9. The van der Waals surface area contributed by atoms with Crippen molar-refractivity contribution in [3.05, 3.63) is 91.1 Å². The summed E-state index contributed by atoms with van der Waals surface area (Å²) in [5.41, 5.74) is -1.55. The minimum absolute atomic E-state index is 0.00999. The number of ether oxygens (including phenoxy) is 3. The van der Waals surface area contributed by atoms with Crippen molar-refractivity contribution in [3.63, 3.8) is 0 Å². The number of carboxylic acids is 1. The zero-order valence-corrected chi connectivity index (χ0v) is 21.2. The second-order valence-electron chi connectivity index (χ2n) is 7.85. The smallest absolute Gasteiger partial charge is 0.344 e. The number of hydrogen-bond acceptors (Lipinski definition) is 7. The number of carboxylic acid groups (broad SMARTS) is 1. The van der Waals surface area contributed by atoms with Gasteiger partial charge in [0.2, 0.25) is 0 Å². The molecule has 0 bridgehead atoms. The molecule has 0 saturated carbocycles. The summed E-state index contributed by atoms with van der Waals surface area (Å²) < 4.78 is 16.3. The molecule has 0 amide bonds. The van der Waals surface area contributed by atoms with Crippen molar-refractivity contribution in [2.75, 3.05) is 6.61 Å². The maximum Gasteiger partial charge on any atom is 0.344 e. The lowest BCUT2D eigenvalue weighted by Gasteiger charge is -2.33. The Bertz CT molecular complexity index is 1240. The number of benzene rings is 2. The topological polar surface area (TPSA) is 125 Å². The molecule has 0 saturated heterocycles. The highest BCUT2D eigenvalue weighted by atomic mass is 35.5. The Balaban J connectivity index is 1.83. The zero-order valence-electron chi connectivity index (χ0n) is 18.9. The number of rotatable bonds is 9. The van der Waals surface area contributed by atoms with E-state index in [9.17, 15) is 24.8 Å². The summed E-state index contributed by atoms with van der Waals surface area (Å²) in [6.07, 6.45) is 1.75. The predicted molar refractivity (Wildman–Crippen MR) is 132 cm³/mol. The van der Waals surface area contributed by atoms with E-state index in [0.29, 0.717) is 5.75 Å². The molecule has 9 nitrogen and oxygen atoms in total. The van der Waals surface area contributed by atoms with Crippen LogP contribution in [0, 0.1) is 23.0 Å². The summed E-state index contributed by atoms with van der Waals surface area (Å²) in [7, 11) is 0. The molecule has 3 rings (SSSR count). The van der Waals surface area contributed by atoms with Crippen molar-refractivity contribution in [3.8, 4) is 11.5 Å². The van der Waals surface area contributed by atoms with Crippen LogP contribution in [0.15, 0.2) is 60.4 Å². The Hall–Kier alpha value is -3.27. The molecule has 190 valence electrons. The van der Waals surface area contributed by atoms with E-state index < -0.39 is 41.0 Å². The van der Waals surface area contributed by atoms with Crippen LogP contribution >= 0.6 is 34.8 Å². The van der Waals surface area contributed by atoms with Crippen LogP contribution in [0.25, 0.3) is 0 Å². The fourth-order valence-electron chi connectivity index (χ4n) is 3.65. The number of allylic oxidation sites excluding steroid dienone is 1. The first-order chi connectivity index (χ1) is 17.0. The molecule has 1 N–H and O–H groups in total. The number of carbonyl (C=O) groups excluding carboxylic acids is 1. The van der Waals surface area contributed by atoms with Gasteiger partial charge in [-0.05, 0) is 49.8 Å². The van der Waals surface area contributed by atoms with Gasteiger partial charge in [-0.3, -0.25) is 14.9 Å². The molecule has 2 aromatic carbocycles. The molecule has 36 heavy (non-hydrogen) atoms. The van der Waals surface area contributed by atoms with E-state index in [1.807, 2.05) is 0 Å². The second-order valence-corrected chi connectivity index (χ2v) is 9.10. The lowest BCUT2D eigenvalue weighted by molar-refractivity contribution is -0.572. The van der Waals surface area contributed by atoms with E-state index in [0.717, 1.165) is 17.7 Å². The van der Waals surface area contributed by atoms with Gasteiger partial charge in [0, 0.05) is 16.0 Å². The first-order valence-corrected chi connectivity index (χ1v) is 11.6. The fourth-order valence-corrected chi connectivity index (χ4v) is 4.54. The highest BCUT2D eigenvalue weighted by Crippen LogP contribution is 2.40. The lowest BCUT2D eigenvalue weighted by Crippen LogP contribution is -2.57. The second kappa shape index (κ2) is 11.2. The number of carbonyl (C=O) groups is 2. The molecule has 3 unspecified atom stereocenters. The largest absolute Gasteiger partial charge is 0.482 e. The maximum absolute atomic E-state index is 12.4. The number of aryl methyl sites for hydroxylation is 1. The number of halogens is 3. The Kier molecular flexibility index (Phi) is 8.50. The van der Waals surface area contributed by atoms with Crippen molar-refractivity contribution in [1.82, 2.24) is 0 Å². The predicted octanol–water partition coefficient (Wildman–Crippen LogP) is 5.51. The Morgan fingerprint density at radius 3 is 2.42 bits per heavy atom. The Morgan fingerprint density at radius 1 is 1.19 bits per heavy atom. The molecule has 0 aromatic heterocycles. The van der Waals surface area contributed by atoms with E-state index in [1.165, 1.54) is 25.1 Å². The number of hydrogen-bond donors (Lipinski definition) is 1. The first-order valence-electron chi connectivity index (χ1n) is 10.4. The van der Waals surface area contributed by atoms with Crippen LogP contribution in [0.1, 0.15) is 12.5 Å². The monoisotopic (exact) mass is 555 g/mol. The summed E-state index contributed by atoms with van der Waals surface area (Å²) in [5, 5.41) is 22.4. The molecule has 0 radical (unpaired) electrons. The van der Waals surface area contributed by atoms with E-state index in [-0.39, 0.29) is 26.6 Å². The van der Waals surface area contributed by atoms with Gasteiger partial charge < -0.3 is 19.3 Å². The van der Waals surface area contributed by atoms with Crippen molar-refractivity contribution < 1.29 is 33.8 Å². The number of para-hydroxylation sites is 1. The van der Waals surface area contributed by atoms with E-state index in [4.69, 9.17) is 49.0 Å². The zero-order chi connectivity index (χ0) is 26.6. The van der Waals surface area contributed by atoms with Crippen molar-refractivity contribution in [2.24, 2.45) is 5.92 Å². The minimum atomic E-state index is -2.33. The van der Waals surface area contributed by atoms with Crippen molar-refractivity contribution in [1.29, 1.82) is 0 Å². The normalized spacial score (nSPS) is 19.7. The molecule has 1 aliphatic carbocycles. The standard InChI is InChI=1S/C24H20Cl3NO8/c1-13-5-3-4-6-20(13)34-12-21(29)35-14(2)24(28(32)33)8-7-16(11-17(24)23(30)31)36-22-18(26)9-15(25)10-19(22)27/h3-11,14,17H,12H2,1-2H3,(H,30,31). The van der Waals surface area contributed by atoms with Gasteiger partial charge in [-0.15, -0.1) is 0 Å². The van der Waals surface area contributed by atoms with Gasteiger partial charge in [-0.1, -0.05) is 53.0 Å². The van der Waals surface area contributed by atoms with Crippen LogP contribution in [-0.4, -0.2) is 40.2 Å². The highest BCUT2D eigenvalue weighted by Gasteiger charge is 2.59. The summed E-state index contributed by atoms with van der Waals surface area (Å²) >= 11 is 18.1. The van der Waals surface area contributed by atoms with Gasteiger partial charge in [0.1, 0.15) is 11.5 Å². The fraction of sp³-hybridized carbons (Fsp3) is 0.250. The molecular weight excluding hydrogens is 537 g/mol. The van der Waals surface area contributed by atoms with Crippen molar-refractivity contribution in [2.45, 2.75) is 25.5 Å².